The molecular weight excluding hydrogens is 278 g/mol. The maximum Gasteiger partial charge on any atom is 0.178 e. The van der Waals surface area contributed by atoms with Crippen molar-refractivity contribution in [1.29, 1.82) is 5.26 Å². The summed E-state index contributed by atoms with van der Waals surface area (Å²) in [5, 5.41) is 9.06. The van der Waals surface area contributed by atoms with Gasteiger partial charge in [-0.3, -0.25) is 4.79 Å². The predicted molar refractivity (Wildman–Crippen MR) is 72.2 cm³/mol. The molecule has 0 aromatic heterocycles. The molecule has 2 nitrogen and oxygen atoms in total. The van der Waals surface area contributed by atoms with Crippen LogP contribution < -0.4 is 0 Å². The summed E-state index contributed by atoms with van der Waals surface area (Å²) in [6.45, 7) is 5.42. The van der Waals surface area contributed by atoms with Gasteiger partial charge >= 0.3 is 0 Å². The van der Waals surface area contributed by atoms with E-state index in [-0.39, 0.29) is 11.4 Å². The highest BCUT2D eigenvalue weighted by Crippen LogP contribution is 2.24. The van der Waals surface area contributed by atoms with Gasteiger partial charge in [-0.15, -0.1) is 0 Å². The second-order valence-electron chi connectivity index (χ2n) is 4.77. The number of halogens is 1. The van der Waals surface area contributed by atoms with Crippen molar-refractivity contribution >= 4 is 27.8 Å². The molecule has 0 saturated carbocycles. The fourth-order valence-corrected chi connectivity index (χ4v) is 1.70. The Labute approximate surface area is 110 Å². The molecule has 1 rings (SSSR count). The van der Waals surface area contributed by atoms with Gasteiger partial charge in [-0.25, -0.2) is 0 Å². The summed E-state index contributed by atoms with van der Waals surface area (Å²) in [6, 6.07) is 9.47. The average Bonchev–Trinajstić information content (AvgIpc) is 2.26. The van der Waals surface area contributed by atoms with Crippen molar-refractivity contribution in [3.63, 3.8) is 0 Å². The van der Waals surface area contributed by atoms with Crippen LogP contribution in [0.1, 0.15) is 26.3 Å². The third-order valence-electron chi connectivity index (χ3n) is 2.25. The molecule has 0 saturated heterocycles. The van der Waals surface area contributed by atoms with Crippen LogP contribution in [-0.4, -0.2) is 5.78 Å². The molecule has 0 aliphatic carbocycles. The second kappa shape index (κ2) is 5.29. The van der Waals surface area contributed by atoms with Crippen LogP contribution in [0.3, 0.4) is 0 Å². The van der Waals surface area contributed by atoms with E-state index < -0.39 is 5.41 Å². The van der Waals surface area contributed by atoms with E-state index in [1.54, 1.807) is 26.8 Å². The fourth-order valence-electron chi connectivity index (χ4n) is 1.30. The first-order chi connectivity index (χ1) is 7.86. The molecule has 0 unspecified atom stereocenters. The van der Waals surface area contributed by atoms with E-state index in [0.717, 1.165) is 10.0 Å². The second-order valence-corrected chi connectivity index (χ2v) is 5.62. The van der Waals surface area contributed by atoms with Crippen LogP contribution in [-0.2, 0) is 4.79 Å². The summed E-state index contributed by atoms with van der Waals surface area (Å²) in [6.07, 6.45) is 1.62. The largest absolute Gasteiger partial charge is 0.293 e. The number of nitrogens with zero attached hydrogens (tertiary/aromatic N) is 1. The number of Topliss-reactive ketones (excluding diaryl/α,β-unsaturated/α-hetero) is 1. The molecule has 1 aromatic rings. The van der Waals surface area contributed by atoms with Crippen molar-refractivity contribution in [3.8, 4) is 6.07 Å². The molecule has 0 atom stereocenters. The van der Waals surface area contributed by atoms with Crippen LogP contribution in [0, 0.1) is 16.7 Å². The molecule has 0 bridgehead atoms. The van der Waals surface area contributed by atoms with Gasteiger partial charge in [0.2, 0.25) is 0 Å². The number of carbonyl (C=O) groups excluding carboxylic acids is 1. The van der Waals surface area contributed by atoms with Crippen LogP contribution in [0.4, 0.5) is 0 Å². The van der Waals surface area contributed by atoms with Gasteiger partial charge in [0.15, 0.2) is 5.78 Å². The van der Waals surface area contributed by atoms with Crippen molar-refractivity contribution in [2.75, 3.05) is 0 Å². The van der Waals surface area contributed by atoms with E-state index in [2.05, 4.69) is 15.9 Å². The van der Waals surface area contributed by atoms with Gasteiger partial charge in [0.25, 0.3) is 0 Å². The van der Waals surface area contributed by atoms with Gasteiger partial charge in [-0.05, 0) is 17.7 Å². The van der Waals surface area contributed by atoms with Crippen LogP contribution in [0.2, 0.25) is 0 Å². The van der Waals surface area contributed by atoms with Gasteiger partial charge in [0.1, 0.15) is 6.07 Å². The lowest BCUT2D eigenvalue weighted by Crippen LogP contribution is -2.21. The zero-order valence-corrected chi connectivity index (χ0v) is 11.7. The molecule has 17 heavy (non-hydrogen) atoms. The Balaban J connectivity index is 3.18. The highest BCUT2D eigenvalue weighted by atomic mass is 79.9. The Morgan fingerprint density at radius 2 is 1.94 bits per heavy atom. The predicted octanol–water partition coefficient (Wildman–Crippen LogP) is 3.97. The Bertz CT molecular complexity index is 504. The Hall–Kier alpha value is -1.40. The third kappa shape index (κ3) is 3.54. The molecule has 0 amide bonds. The number of rotatable bonds is 2. The van der Waals surface area contributed by atoms with E-state index in [0.29, 0.717) is 0 Å². The lowest BCUT2D eigenvalue weighted by Gasteiger charge is -2.15. The molecule has 0 radical (unpaired) electrons. The lowest BCUT2D eigenvalue weighted by molar-refractivity contribution is -0.121. The van der Waals surface area contributed by atoms with Gasteiger partial charge in [0.05, 0.1) is 5.57 Å². The maximum atomic E-state index is 12.0. The first-order valence-corrected chi connectivity index (χ1v) is 6.06. The van der Waals surface area contributed by atoms with E-state index in [1.165, 1.54) is 0 Å². The van der Waals surface area contributed by atoms with Crippen molar-refractivity contribution in [2.24, 2.45) is 5.41 Å². The van der Waals surface area contributed by atoms with Gasteiger partial charge in [-0.1, -0.05) is 54.9 Å². The summed E-state index contributed by atoms with van der Waals surface area (Å²) >= 11 is 3.39. The van der Waals surface area contributed by atoms with Crippen molar-refractivity contribution < 1.29 is 4.79 Å². The zero-order valence-electron chi connectivity index (χ0n) is 10.1. The molecule has 0 aliphatic rings. The Kier molecular flexibility index (Phi) is 4.25. The first kappa shape index (κ1) is 13.7. The van der Waals surface area contributed by atoms with E-state index in [4.69, 9.17) is 5.26 Å². The number of hydrogen-bond donors (Lipinski definition) is 0. The topological polar surface area (TPSA) is 40.9 Å². The van der Waals surface area contributed by atoms with Crippen molar-refractivity contribution in [1.82, 2.24) is 0 Å². The Morgan fingerprint density at radius 3 is 2.41 bits per heavy atom. The lowest BCUT2D eigenvalue weighted by atomic mass is 9.86. The number of allylic oxidation sites excluding steroid dienone is 1. The molecule has 0 spiro atoms. The van der Waals surface area contributed by atoms with E-state index in [1.807, 2.05) is 30.3 Å². The molecule has 3 heteroatoms. The molecule has 88 valence electrons. The number of benzene rings is 1. The minimum Gasteiger partial charge on any atom is -0.293 e. The van der Waals surface area contributed by atoms with Crippen molar-refractivity contribution in [2.45, 2.75) is 20.8 Å². The number of hydrogen-bond acceptors (Lipinski definition) is 2. The molecular formula is C14H14BrNO. The molecule has 0 N–H and O–H groups in total. The molecule has 1 aromatic carbocycles. The SMILES string of the molecule is CC(C)(C)C(=O)/C(C#N)=C/c1ccccc1Br. The first-order valence-electron chi connectivity index (χ1n) is 5.27. The third-order valence-corrected chi connectivity index (χ3v) is 2.97. The Morgan fingerprint density at radius 1 is 1.35 bits per heavy atom. The normalized spacial score (nSPS) is 12.1. The van der Waals surface area contributed by atoms with Crippen LogP contribution >= 0.6 is 15.9 Å². The fraction of sp³-hybridized carbons (Fsp3) is 0.286. The quantitative estimate of drug-likeness (QED) is 0.611. The molecule has 0 aliphatic heterocycles. The summed E-state index contributed by atoms with van der Waals surface area (Å²) in [5.41, 5.74) is 0.481. The molecule has 0 fully saturated rings. The van der Waals surface area contributed by atoms with Crippen LogP contribution in [0.15, 0.2) is 34.3 Å². The summed E-state index contributed by atoms with van der Waals surface area (Å²) in [5.74, 6) is -0.143. The van der Waals surface area contributed by atoms with Crippen LogP contribution in [0.5, 0.6) is 0 Å². The monoisotopic (exact) mass is 291 g/mol. The van der Waals surface area contributed by atoms with E-state index in [9.17, 15) is 4.79 Å². The van der Waals surface area contributed by atoms with Gasteiger partial charge in [-0.2, -0.15) is 5.26 Å². The highest BCUT2D eigenvalue weighted by molar-refractivity contribution is 9.10. The highest BCUT2D eigenvalue weighted by Gasteiger charge is 2.24. The maximum absolute atomic E-state index is 12.0. The van der Waals surface area contributed by atoms with Crippen LogP contribution in [0.25, 0.3) is 6.08 Å². The van der Waals surface area contributed by atoms with Crippen molar-refractivity contribution in [3.05, 3.63) is 39.9 Å². The summed E-state index contributed by atoms with van der Waals surface area (Å²) in [7, 11) is 0. The number of nitriles is 1. The average molecular weight is 292 g/mol. The van der Waals surface area contributed by atoms with E-state index >= 15 is 0 Å². The minimum atomic E-state index is -0.539. The molecule has 0 heterocycles. The zero-order chi connectivity index (χ0) is 13.1. The standard InChI is InChI=1S/C14H14BrNO/c1-14(2,3)13(17)11(9-16)8-10-6-4-5-7-12(10)15/h4-8H,1-3H3/b11-8+. The number of carbonyl (C=O) groups is 1. The summed E-state index contributed by atoms with van der Waals surface area (Å²) in [4.78, 5) is 12.0. The van der Waals surface area contributed by atoms with Gasteiger partial charge in [0, 0.05) is 9.89 Å². The number of ketones is 1. The minimum absolute atomic E-state index is 0.143. The summed E-state index contributed by atoms with van der Waals surface area (Å²) < 4.78 is 0.870. The smallest absolute Gasteiger partial charge is 0.178 e. The van der Waals surface area contributed by atoms with Gasteiger partial charge < -0.3 is 0 Å².